The summed E-state index contributed by atoms with van der Waals surface area (Å²) in [6.45, 7) is 0. The number of hydrogen-bond acceptors (Lipinski definition) is 3. The van der Waals surface area contributed by atoms with Gasteiger partial charge in [-0.2, -0.15) is 0 Å². The van der Waals surface area contributed by atoms with Crippen molar-refractivity contribution in [1.82, 2.24) is 0 Å². The quantitative estimate of drug-likeness (QED) is 0.920. The molecule has 104 valence electrons. The minimum atomic E-state index is -0.702. The Kier molecular flexibility index (Phi) is 3.63. The molecule has 0 aliphatic carbocycles. The number of para-hydroxylation sites is 1. The molecule has 0 spiro atoms. The molecule has 0 bridgehead atoms. The summed E-state index contributed by atoms with van der Waals surface area (Å²) in [6.07, 6.45) is -0.383. The van der Waals surface area contributed by atoms with E-state index >= 15 is 0 Å². The van der Waals surface area contributed by atoms with E-state index in [0.29, 0.717) is 5.75 Å². The number of benzene rings is 2. The van der Waals surface area contributed by atoms with Gasteiger partial charge in [0.1, 0.15) is 23.5 Å². The van der Waals surface area contributed by atoms with Crippen LogP contribution in [0, 0.1) is 11.6 Å². The van der Waals surface area contributed by atoms with Crippen LogP contribution in [0.1, 0.15) is 11.6 Å². The molecule has 3 rings (SSSR count). The van der Waals surface area contributed by atoms with Crippen molar-refractivity contribution in [3.05, 3.63) is 59.7 Å². The van der Waals surface area contributed by atoms with E-state index in [1.807, 2.05) is 24.3 Å². The summed E-state index contributed by atoms with van der Waals surface area (Å²) in [5.41, 5.74) is 6.20. The van der Waals surface area contributed by atoms with Gasteiger partial charge in [-0.1, -0.05) is 12.1 Å². The number of hydrogen-bond donors (Lipinski definition) is 1. The van der Waals surface area contributed by atoms with Crippen LogP contribution in [0.15, 0.2) is 47.4 Å². The van der Waals surface area contributed by atoms with Crippen molar-refractivity contribution in [2.24, 2.45) is 5.73 Å². The van der Waals surface area contributed by atoms with Gasteiger partial charge in [-0.15, -0.1) is 11.8 Å². The molecular formula is C15H13F2NOS. The van der Waals surface area contributed by atoms with E-state index in [-0.39, 0.29) is 11.7 Å². The molecule has 2 N–H and O–H groups in total. The number of halogens is 2. The van der Waals surface area contributed by atoms with Gasteiger partial charge in [-0.05, 0) is 30.3 Å². The summed E-state index contributed by atoms with van der Waals surface area (Å²) in [7, 11) is 0. The number of fused-ring (bicyclic) bond motifs is 1. The van der Waals surface area contributed by atoms with Crippen LogP contribution >= 0.6 is 11.8 Å². The van der Waals surface area contributed by atoms with E-state index in [4.69, 9.17) is 10.5 Å². The monoisotopic (exact) mass is 293 g/mol. The number of thioether (sulfide) groups is 1. The first kappa shape index (κ1) is 13.4. The van der Waals surface area contributed by atoms with Crippen LogP contribution in [0.25, 0.3) is 0 Å². The molecule has 5 heteroatoms. The standard InChI is InChI=1S/C15H13F2NOS/c16-9-5-6-11(17)10(7-9)15(18)13-8-20-14-4-2-1-3-12(14)19-13/h1-7,13,15H,8,18H2. The van der Waals surface area contributed by atoms with Gasteiger partial charge in [0.15, 0.2) is 0 Å². The lowest BCUT2D eigenvalue weighted by molar-refractivity contribution is 0.183. The van der Waals surface area contributed by atoms with Crippen molar-refractivity contribution >= 4 is 11.8 Å². The SMILES string of the molecule is NC(c1cc(F)ccc1F)C1CSc2ccccc2O1. The van der Waals surface area contributed by atoms with Crippen molar-refractivity contribution in [3.63, 3.8) is 0 Å². The van der Waals surface area contributed by atoms with Crippen LogP contribution in [0.4, 0.5) is 8.78 Å². The highest BCUT2D eigenvalue weighted by Crippen LogP contribution is 2.38. The fourth-order valence-corrected chi connectivity index (χ4v) is 3.24. The Balaban J connectivity index is 1.85. The van der Waals surface area contributed by atoms with Gasteiger partial charge in [0, 0.05) is 16.2 Å². The zero-order valence-corrected chi connectivity index (χ0v) is 11.4. The molecule has 1 aliphatic heterocycles. The zero-order valence-electron chi connectivity index (χ0n) is 10.6. The lowest BCUT2D eigenvalue weighted by Crippen LogP contribution is -2.36. The van der Waals surface area contributed by atoms with Crippen LogP contribution in [0.3, 0.4) is 0 Å². The molecule has 2 aromatic carbocycles. The maximum Gasteiger partial charge on any atom is 0.133 e. The van der Waals surface area contributed by atoms with Crippen molar-refractivity contribution in [3.8, 4) is 5.75 Å². The summed E-state index contributed by atoms with van der Waals surface area (Å²) in [5, 5.41) is 0. The van der Waals surface area contributed by atoms with Gasteiger partial charge < -0.3 is 10.5 Å². The smallest absolute Gasteiger partial charge is 0.133 e. The molecule has 2 atom stereocenters. The summed E-state index contributed by atoms with van der Waals surface area (Å²) in [4.78, 5) is 1.04. The van der Waals surface area contributed by atoms with Gasteiger partial charge in [0.25, 0.3) is 0 Å². The van der Waals surface area contributed by atoms with Crippen molar-refractivity contribution in [2.75, 3.05) is 5.75 Å². The fourth-order valence-electron chi connectivity index (χ4n) is 2.18. The summed E-state index contributed by atoms with van der Waals surface area (Å²) >= 11 is 1.61. The third-order valence-corrected chi connectivity index (χ3v) is 4.39. The third kappa shape index (κ3) is 2.51. The number of rotatable bonds is 2. The van der Waals surface area contributed by atoms with Crippen molar-refractivity contribution in [2.45, 2.75) is 17.0 Å². The highest BCUT2D eigenvalue weighted by molar-refractivity contribution is 7.99. The van der Waals surface area contributed by atoms with Crippen molar-refractivity contribution in [1.29, 1.82) is 0 Å². The Morgan fingerprint density at radius 2 is 2.00 bits per heavy atom. The molecule has 2 aromatic rings. The lowest BCUT2D eigenvalue weighted by Gasteiger charge is -2.30. The van der Waals surface area contributed by atoms with Gasteiger partial charge >= 0.3 is 0 Å². The Morgan fingerprint density at radius 3 is 2.85 bits per heavy atom. The average Bonchev–Trinajstić information content (AvgIpc) is 2.48. The van der Waals surface area contributed by atoms with E-state index in [0.717, 1.165) is 28.8 Å². The Morgan fingerprint density at radius 1 is 1.20 bits per heavy atom. The predicted molar refractivity (Wildman–Crippen MR) is 74.9 cm³/mol. The molecule has 0 radical (unpaired) electrons. The van der Waals surface area contributed by atoms with E-state index < -0.39 is 17.7 Å². The molecule has 1 heterocycles. The molecule has 2 unspecified atom stereocenters. The van der Waals surface area contributed by atoms with Crippen LogP contribution < -0.4 is 10.5 Å². The number of ether oxygens (including phenoxy) is 1. The van der Waals surface area contributed by atoms with Gasteiger partial charge in [-0.25, -0.2) is 8.78 Å². The summed E-state index contributed by atoms with van der Waals surface area (Å²) in [5.74, 6) is 0.335. The highest BCUT2D eigenvalue weighted by atomic mass is 32.2. The van der Waals surface area contributed by atoms with E-state index in [9.17, 15) is 8.78 Å². The molecule has 20 heavy (non-hydrogen) atoms. The van der Waals surface area contributed by atoms with E-state index in [1.54, 1.807) is 11.8 Å². The zero-order chi connectivity index (χ0) is 14.1. The molecule has 0 amide bonds. The largest absolute Gasteiger partial charge is 0.486 e. The fraction of sp³-hybridized carbons (Fsp3) is 0.200. The second-order valence-corrected chi connectivity index (χ2v) is 5.67. The predicted octanol–water partition coefficient (Wildman–Crippen LogP) is 3.52. The summed E-state index contributed by atoms with van der Waals surface area (Å²) in [6, 6.07) is 10.2. The maximum absolute atomic E-state index is 13.8. The van der Waals surface area contributed by atoms with E-state index in [2.05, 4.69) is 0 Å². The van der Waals surface area contributed by atoms with Crippen LogP contribution in [-0.4, -0.2) is 11.9 Å². The van der Waals surface area contributed by atoms with Crippen LogP contribution in [0.5, 0.6) is 5.75 Å². The molecule has 0 saturated carbocycles. The van der Waals surface area contributed by atoms with Crippen molar-refractivity contribution < 1.29 is 13.5 Å². The first-order valence-electron chi connectivity index (χ1n) is 6.24. The Hall–Kier alpha value is -1.59. The first-order valence-corrected chi connectivity index (χ1v) is 7.23. The van der Waals surface area contributed by atoms with Crippen LogP contribution in [0.2, 0.25) is 0 Å². The van der Waals surface area contributed by atoms with Gasteiger partial charge in [0.05, 0.1) is 6.04 Å². The topological polar surface area (TPSA) is 35.2 Å². The Labute approximate surface area is 119 Å². The molecule has 0 fully saturated rings. The first-order chi connectivity index (χ1) is 9.65. The minimum absolute atomic E-state index is 0.148. The lowest BCUT2D eigenvalue weighted by atomic mass is 10.0. The maximum atomic E-state index is 13.8. The van der Waals surface area contributed by atoms with Gasteiger partial charge in [-0.3, -0.25) is 0 Å². The molecule has 1 aliphatic rings. The van der Waals surface area contributed by atoms with Crippen LogP contribution in [-0.2, 0) is 0 Å². The molecular weight excluding hydrogens is 280 g/mol. The summed E-state index contributed by atoms with van der Waals surface area (Å²) < 4.78 is 32.8. The molecule has 0 saturated heterocycles. The highest BCUT2D eigenvalue weighted by Gasteiger charge is 2.28. The Bertz CT molecular complexity index is 635. The average molecular weight is 293 g/mol. The second-order valence-electron chi connectivity index (χ2n) is 4.61. The normalized spacial score (nSPS) is 19.1. The second kappa shape index (κ2) is 5.42. The van der Waals surface area contributed by atoms with Gasteiger partial charge in [0.2, 0.25) is 0 Å². The number of nitrogens with two attached hydrogens (primary N) is 1. The molecule has 2 nitrogen and oxygen atoms in total. The third-order valence-electron chi connectivity index (χ3n) is 3.25. The minimum Gasteiger partial charge on any atom is -0.486 e. The van der Waals surface area contributed by atoms with E-state index in [1.165, 1.54) is 0 Å². The molecule has 0 aromatic heterocycles.